The van der Waals surface area contributed by atoms with Crippen LogP contribution in [0, 0.1) is 5.82 Å². The van der Waals surface area contributed by atoms with Gasteiger partial charge in [0, 0.05) is 13.1 Å². The molecular weight excluding hydrogens is 344 g/mol. The quantitative estimate of drug-likeness (QED) is 0.499. The molecule has 0 amide bonds. The van der Waals surface area contributed by atoms with Gasteiger partial charge in [0.1, 0.15) is 5.82 Å². The molecule has 5 heteroatoms. The second kappa shape index (κ2) is 7.56. The number of nitrogens with two attached hydrogens (primary N) is 1. The van der Waals surface area contributed by atoms with Crippen LogP contribution in [-0.2, 0) is 6.54 Å². The largest absolute Gasteiger partial charge is 0.370 e. The van der Waals surface area contributed by atoms with Crippen molar-refractivity contribution in [1.82, 2.24) is 4.90 Å². The van der Waals surface area contributed by atoms with Crippen molar-refractivity contribution < 1.29 is 4.39 Å². The molecule has 1 aromatic carbocycles. The van der Waals surface area contributed by atoms with Crippen LogP contribution < -0.4 is 5.73 Å². The van der Waals surface area contributed by atoms with Gasteiger partial charge in [-0.15, -0.1) is 24.0 Å². The molecule has 3 nitrogen and oxygen atoms in total. The first kappa shape index (κ1) is 15.2. The molecule has 1 heterocycles. The summed E-state index contributed by atoms with van der Waals surface area (Å²) in [5, 5.41) is 0. The van der Waals surface area contributed by atoms with Crippen LogP contribution in [0.1, 0.15) is 24.8 Å². The third kappa shape index (κ3) is 4.44. The molecule has 100 valence electrons. The lowest BCUT2D eigenvalue weighted by Gasteiger charge is -2.27. The maximum atomic E-state index is 12.7. The summed E-state index contributed by atoms with van der Waals surface area (Å²) in [7, 11) is 0. The van der Waals surface area contributed by atoms with Crippen LogP contribution in [0.25, 0.3) is 0 Å². The number of nitrogens with zero attached hydrogens (tertiary/aromatic N) is 2. The molecule has 1 aliphatic rings. The first-order valence-electron chi connectivity index (χ1n) is 6.05. The van der Waals surface area contributed by atoms with Gasteiger partial charge in [-0.25, -0.2) is 9.38 Å². The molecule has 1 aromatic rings. The maximum absolute atomic E-state index is 12.7. The summed E-state index contributed by atoms with van der Waals surface area (Å²) in [6.07, 6.45) is 3.65. The minimum atomic E-state index is -0.221. The zero-order valence-corrected chi connectivity index (χ0v) is 12.6. The molecule has 0 unspecified atom stereocenters. The molecule has 0 aromatic heterocycles. The van der Waals surface area contributed by atoms with Crippen molar-refractivity contribution in [3.8, 4) is 0 Å². The van der Waals surface area contributed by atoms with Crippen LogP contribution in [0.3, 0.4) is 0 Å². The van der Waals surface area contributed by atoms with E-state index in [9.17, 15) is 4.39 Å². The molecule has 2 rings (SSSR count). The topological polar surface area (TPSA) is 41.6 Å². The molecule has 0 spiro atoms. The highest BCUT2D eigenvalue weighted by Crippen LogP contribution is 2.09. The van der Waals surface area contributed by atoms with E-state index >= 15 is 0 Å². The third-order valence-corrected chi connectivity index (χ3v) is 3.02. The second-order valence-corrected chi connectivity index (χ2v) is 4.35. The highest BCUT2D eigenvalue weighted by molar-refractivity contribution is 14.0. The van der Waals surface area contributed by atoms with Crippen LogP contribution in [0.15, 0.2) is 29.3 Å². The van der Waals surface area contributed by atoms with E-state index in [1.807, 2.05) is 0 Å². The molecule has 0 saturated carbocycles. The average molecular weight is 363 g/mol. The minimum Gasteiger partial charge on any atom is -0.370 e. The molecule has 0 atom stereocenters. The van der Waals surface area contributed by atoms with Gasteiger partial charge in [0.15, 0.2) is 5.96 Å². The van der Waals surface area contributed by atoms with Crippen molar-refractivity contribution in [3.05, 3.63) is 35.6 Å². The summed E-state index contributed by atoms with van der Waals surface area (Å²) >= 11 is 0. The van der Waals surface area contributed by atoms with E-state index in [1.165, 1.54) is 31.4 Å². The first-order valence-corrected chi connectivity index (χ1v) is 6.05. The number of hydrogen-bond acceptors (Lipinski definition) is 1. The molecular formula is C13H19FIN3. The molecule has 1 fully saturated rings. The van der Waals surface area contributed by atoms with Crippen molar-refractivity contribution in [1.29, 1.82) is 0 Å². The molecule has 0 radical (unpaired) electrons. The summed E-state index contributed by atoms with van der Waals surface area (Å²) in [4.78, 5) is 6.46. The van der Waals surface area contributed by atoms with Gasteiger partial charge in [-0.2, -0.15) is 0 Å². The Morgan fingerprint density at radius 3 is 2.39 bits per heavy atom. The monoisotopic (exact) mass is 363 g/mol. The maximum Gasteiger partial charge on any atom is 0.191 e. The van der Waals surface area contributed by atoms with Crippen molar-refractivity contribution >= 4 is 29.9 Å². The van der Waals surface area contributed by atoms with Crippen LogP contribution in [0.2, 0.25) is 0 Å². The Kier molecular flexibility index (Phi) is 6.38. The Balaban J connectivity index is 0.00000162. The predicted molar refractivity (Wildman–Crippen MR) is 82.6 cm³/mol. The van der Waals surface area contributed by atoms with E-state index in [0.717, 1.165) is 18.7 Å². The second-order valence-electron chi connectivity index (χ2n) is 4.35. The highest BCUT2D eigenvalue weighted by Gasteiger charge is 2.11. The number of rotatable bonds is 2. The number of likely N-dealkylation sites (tertiary alicyclic amines) is 1. The van der Waals surface area contributed by atoms with Gasteiger partial charge in [-0.3, -0.25) is 0 Å². The van der Waals surface area contributed by atoms with E-state index in [1.54, 1.807) is 12.1 Å². The Bertz CT molecular complexity index is 386. The average Bonchev–Trinajstić information content (AvgIpc) is 2.39. The fraction of sp³-hybridized carbons (Fsp3) is 0.462. The Labute approximate surface area is 124 Å². The zero-order chi connectivity index (χ0) is 12.1. The minimum absolute atomic E-state index is 0. The lowest BCUT2D eigenvalue weighted by molar-refractivity contribution is 0.338. The van der Waals surface area contributed by atoms with E-state index in [-0.39, 0.29) is 29.8 Å². The van der Waals surface area contributed by atoms with Gasteiger partial charge >= 0.3 is 0 Å². The lowest BCUT2D eigenvalue weighted by atomic mass is 10.1. The Morgan fingerprint density at radius 2 is 1.78 bits per heavy atom. The fourth-order valence-corrected chi connectivity index (χ4v) is 1.99. The summed E-state index contributed by atoms with van der Waals surface area (Å²) in [5.41, 5.74) is 6.91. The SMILES string of the molecule is I.NC(=NCc1ccc(F)cc1)N1CCCCC1. The number of aliphatic imine (C=N–C) groups is 1. The first-order chi connectivity index (χ1) is 8.25. The molecule has 1 aliphatic heterocycles. The molecule has 0 aliphatic carbocycles. The van der Waals surface area contributed by atoms with Gasteiger partial charge in [0.25, 0.3) is 0 Å². The van der Waals surface area contributed by atoms with E-state index < -0.39 is 0 Å². The number of benzene rings is 1. The number of guanidine groups is 1. The van der Waals surface area contributed by atoms with E-state index in [2.05, 4.69) is 9.89 Å². The lowest BCUT2D eigenvalue weighted by Crippen LogP contribution is -2.40. The van der Waals surface area contributed by atoms with Crippen molar-refractivity contribution in [2.45, 2.75) is 25.8 Å². The van der Waals surface area contributed by atoms with Gasteiger partial charge in [-0.05, 0) is 37.0 Å². The molecule has 2 N–H and O–H groups in total. The standard InChI is InChI=1S/C13H18FN3.HI/c14-12-6-4-11(5-7-12)10-16-13(15)17-8-2-1-3-9-17;/h4-7H,1-3,8-10H2,(H2,15,16);1H. The van der Waals surface area contributed by atoms with Crippen LogP contribution in [-0.4, -0.2) is 23.9 Å². The van der Waals surface area contributed by atoms with Gasteiger partial charge < -0.3 is 10.6 Å². The van der Waals surface area contributed by atoms with E-state index in [0.29, 0.717) is 12.5 Å². The molecule has 1 saturated heterocycles. The van der Waals surface area contributed by atoms with E-state index in [4.69, 9.17) is 5.73 Å². The van der Waals surface area contributed by atoms with Crippen molar-refractivity contribution in [2.24, 2.45) is 10.7 Å². The van der Waals surface area contributed by atoms with Gasteiger partial charge in [0.2, 0.25) is 0 Å². The highest BCUT2D eigenvalue weighted by atomic mass is 127. The molecule has 0 bridgehead atoms. The summed E-state index contributed by atoms with van der Waals surface area (Å²) in [5.74, 6) is 0.385. The van der Waals surface area contributed by atoms with Crippen molar-refractivity contribution in [3.63, 3.8) is 0 Å². The van der Waals surface area contributed by atoms with Crippen molar-refractivity contribution in [2.75, 3.05) is 13.1 Å². The molecule has 18 heavy (non-hydrogen) atoms. The van der Waals surface area contributed by atoms with Gasteiger partial charge in [0.05, 0.1) is 6.54 Å². The summed E-state index contributed by atoms with van der Waals surface area (Å²) in [6, 6.07) is 6.37. The third-order valence-electron chi connectivity index (χ3n) is 3.02. The van der Waals surface area contributed by atoms with Gasteiger partial charge in [-0.1, -0.05) is 12.1 Å². The predicted octanol–water partition coefficient (Wildman–Crippen LogP) is 2.74. The normalized spacial score (nSPS) is 16.3. The summed E-state index contributed by atoms with van der Waals surface area (Å²) < 4.78 is 12.7. The van der Waals surface area contributed by atoms with Crippen LogP contribution in [0.4, 0.5) is 4.39 Å². The van der Waals surface area contributed by atoms with Crippen LogP contribution >= 0.6 is 24.0 Å². The summed E-state index contributed by atoms with van der Waals surface area (Å²) in [6.45, 7) is 2.51. The number of piperidine rings is 1. The Hall–Kier alpha value is -0.850. The number of halogens is 2. The fourth-order valence-electron chi connectivity index (χ4n) is 1.99. The smallest absolute Gasteiger partial charge is 0.191 e. The van der Waals surface area contributed by atoms with Crippen LogP contribution in [0.5, 0.6) is 0 Å². The number of hydrogen-bond donors (Lipinski definition) is 1. The Morgan fingerprint density at radius 1 is 1.17 bits per heavy atom. The zero-order valence-electron chi connectivity index (χ0n) is 10.3.